The maximum Gasteiger partial charge on any atom is 0.244 e. The van der Waals surface area contributed by atoms with Crippen LogP contribution in [0.25, 0.3) is 0 Å². The fourth-order valence-corrected chi connectivity index (χ4v) is 6.73. The third-order valence-corrected chi connectivity index (χ3v) is 8.96. The Morgan fingerprint density at radius 3 is 2.38 bits per heavy atom. The molecule has 1 aliphatic carbocycles. The van der Waals surface area contributed by atoms with Gasteiger partial charge in [0.25, 0.3) is 0 Å². The van der Waals surface area contributed by atoms with Gasteiger partial charge in [-0.15, -0.1) is 0 Å². The first-order valence-electron chi connectivity index (χ1n) is 12.0. The molecule has 6 nitrogen and oxygen atoms in total. The zero-order valence-electron chi connectivity index (χ0n) is 19.2. The van der Waals surface area contributed by atoms with Crippen molar-refractivity contribution in [1.29, 1.82) is 0 Å². The van der Waals surface area contributed by atoms with Gasteiger partial charge in [0, 0.05) is 6.54 Å². The highest BCUT2D eigenvalue weighted by Crippen LogP contribution is 2.34. The highest BCUT2D eigenvalue weighted by atomic mass is 32.2. The maximum absolute atomic E-state index is 13.8. The SMILES string of the molecule is O=C(NCc1ccco1)C1Cc2ccccc2CN1S(=O)(=O)c1ccc(C2CCCCC2)cc1. The first-order chi connectivity index (χ1) is 16.5. The molecule has 178 valence electrons. The van der Waals surface area contributed by atoms with Crippen LogP contribution < -0.4 is 5.32 Å². The third-order valence-electron chi connectivity index (χ3n) is 7.09. The maximum atomic E-state index is 13.8. The van der Waals surface area contributed by atoms with Gasteiger partial charge in [-0.2, -0.15) is 4.31 Å². The van der Waals surface area contributed by atoms with Gasteiger partial charge in [0.1, 0.15) is 11.8 Å². The first kappa shape index (κ1) is 22.9. The molecular weight excluding hydrogens is 448 g/mol. The molecule has 1 N–H and O–H groups in total. The lowest BCUT2D eigenvalue weighted by atomic mass is 9.84. The summed E-state index contributed by atoms with van der Waals surface area (Å²) in [6, 6.07) is 17.7. The van der Waals surface area contributed by atoms with Gasteiger partial charge in [0.15, 0.2) is 0 Å². The number of benzene rings is 2. The Kier molecular flexibility index (Phi) is 6.57. The largest absolute Gasteiger partial charge is 0.467 e. The van der Waals surface area contributed by atoms with Crippen molar-refractivity contribution in [3.8, 4) is 0 Å². The van der Waals surface area contributed by atoms with Crippen molar-refractivity contribution in [2.24, 2.45) is 0 Å². The van der Waals surface area contributed by atoms with Crippen molar-refractivity contribution in [2.75, 3.05) is 0 Å². The summed E-state index contributed by atoms with van der Waals surface area (Å²) >= 11 is 0. The van der Waals surface area contributed by atoms with Crippen LogP contribution in [0.2, 0.25) is 0 Å². The number of sulfonamides is 1. The number of carbonyl (C=O) groups is 1. The number of fused-ring (bicyclic) bond motifs is 1. The van der Waals surface area contributed by atoms with E-state index in [0.29, 0.717) is 18.1 Å². The molecule has 7 heteroatoms. The van der Waals surface area contributed by atoms with Gasteiger partial charge < -0.3 is 9.73 Å². The zero-order valence-corrected chi connectivity index (χ0v) is 20.0. The molecule has 5 rings (SSSR count). The number of furan rings is 1. The molecule has 0 radical (unpaired) electrons. The van der Waals surface area contributed by atoms with Crippen molar-refractivity contribution in [2.45, 2.75) is 68.5 Å². The second kappa shape index (κ2) is 9.76. The van der Waals surface area contributed by atoms with Crippen LogP contribution in [0.15, 0.2) is 76.2 Å². The fraction of sp³-hybridized carbons (Fsp3) is 0.370. The molecule has 2 heterocycles. The first-order valence-corrected chi connectivity index (χ1v) is 13.4. The Morgan fingerprint density at radius 1 is 0.941 bits per heavy atom. The molecule has 1 saturated carbocycles. The highest BCUT2D eigenvalue weighted by molar-refractivity contribution is 7.89. The monoisotopic (exact) mass is 478 g/mol. The average molecular weight is 479 g/mol. The Hall–Kier alpha value is -2.90. The van der Waals surface area contributed by atoms with E-state index in [1.54, 1.807) is 30.5 Å². The molecule has 2 aromatic carbocycles. The molecule has 1 fully saturated rings. The molecule has 1 aromatic heterocycles. The second-order valence-corrected chi connectivity index (χ2v) is 11.1. The summed E-state index contributed by atoms with van der Waals surface area (Å²) in [7, 11) is -3.87. The van der Waals surface area contributed by atoms with Crippen LogP contribution in [0.5, 0.6) is 0 Å². The minimum absolute atomic E-state index is 0.168. The molecule has 0 spiro atoms. The minimum Gasteiger partial charge on any atom is -0.467 e. The molecule has 0 saturated heterocycles. The molecule has 2 aliphatic rings. The van der Waals surface area contributed by atoms with Crippen LogP contribution in [0.1, 0.15) is 60.5 Å². The van der Waals surface area contributed by atoms with Gasteiger partial charge >= 0.3 is 0 Å². The highest BCUT2D eigenvalue weighted by Gasteiger charge is 2.39. The van der Waals surface area contributed by atoms with E-state index < -0.39 is 16.1 Å². The van der Waals surface area contributed by atoms with Crippen LogP contribution in [0.4, 0.5) is 0 Å². The lowest BCUT2D eigenvalue weighted by Gasteiger charge is -2.35. The van der Waals surface area contributed by atoms with Gasteiger partial charge in [-0.3, -0.25) is 4.79 Å². The quantitative estimate of drug-likeness (QED) is 0.554. The molecule has 0 bridgehead atoms. The van der Waals surface area contributed by atoms with Crippen LogP contribution in [0, 0.1) is 0 Å². The summed E-state index contributed by atoms with van der Waals surface area (Å²) in [5.41, 5.74) is 3.13. The zero-order chi connectivity index (χ0) is 23.5. The molecule has 1 atom stereocenters. The number of carbonyl (C=O) groups excluding carboxylic acids is 1. The lowest BCUT2D eigenvalue weighted by molar-refractivity contribution is -0.125. The molecule has 1 unspecified atom stereocenters. The van der Waals surface area contributed by atoms with E-state index in [9.17, 15) is 13.2 Å². The second-order valence-electron chi connectivity index (χ2n) is 9.24. The van der Waals surface area contributed by atoms with E-state index in [2.05, 4.69) is 5.32 Å². The molecule has 1 amide bonds. The van der Waals surface area contributed by atoms with Crippen LogP contribution >= 0.6 is 0 Å². The van der Waals surface area contributed by atoms with Crippen LogP contribution in [-0.2, 0) is 34.3 Å². The fourth-order valence-electron chi connectivity index (χ4n) is 5.16. The summed E-state index contributed by atoms with van der Waals surface area (Å²) in [6.45, 7) is 0.385. The topological polar surface area (TPSA) is 79.6 Å². The third kappa shape index (κ3) is 4.68. The van der Waals surface area contributed by atoms with Crippen molar-refractivity contribution >= 4 is 15.9 Å². The standard InChI is InChI=1S/C27H30N2O4S/c30-27(28-18-24-11-6-16-33-24)26-17-22-9-4-5-10-23(22)19-29(26)34(31,32)25-14-12-21(13-15-25)20-7-2-1-3-8-20/h4-6,9-16,20,26H,1-3,7-8,17-19H2,(H,28,30). The molecule has 1 aliphatic heterocycles. The Bertz CT molecular complexity index is 1230. The van der Waals surface area contributed by atoms with Crippen molar-refractivity contribution in [3.05, 3.63) is 89.4 Å². The van der Waals surface area contributed by atoms with Crippen molar-refractivity contribution < 1.29 is 17.6 Å². The minimum atomic E-state index is -3.87. The predicted octanol–water partition coefficient (Wildman–Crippen LogP) is 4.76. The summed E-state index contributed by atoms with van der Waals surface area (Å²) in [6.07, 6.45) is 7.94. The van der Waals surface area contributed by atoms with Gasteiger partial charge in [0.05, 0.1) is 17.7 Å². The van der Waals surface area contributed by atoms with E-state index >= 15 is 0 Å². The summed E-state index contributed by atoms with van der Waals surface area (Å²) in [4.78, 5) is 13.4. The molecule has 34 heavy (non-hydrogen) atoms. The Balaban J connectivity index is 1.41. The summed E-state index contributed by atoms with van der Waals surface area (Å²) in [5.74, 6) is 0.804. The Labute approximate surface area is 201 Å². The van der Waals surface area contributed by atoms with Crippen molar-refractivity contribution in [3.63, 3.8) is 0 Å². The number of hydrogen-bond acceptors (Lipinski definition) is 4. The average Bonchev–Trinajstić information content (AvgIpc) is 3.41. The lowest BCUT2D eigenvalue weighted by Crippen LogP contribution is -2.52. The molecule has 3 aromatic rings. The van der Waals surface area contributed by atoms with Crippen LogP contribution in [0.3, 0.4) is 0 Å². The van der Waals surface area contributed by atoms with E-state index in [0.717, 1.165) is 24.0 Å². The predicted molar refractivity (Wildman–Crippen MR) is 129 cm³/mol. The summed E-state index contributed by atoms with van der Waals surface area (Å²) in [5, 5.41) is 2.85. The smallest absolute Gasteiger partial charge is 0.244 e. The van der Waals surface area contributed by atoms with E-state index in [4.69, 9.17) is 4.42 Å². The van der Waals surface area contributed by atoms with Gasteiger partial charge in [-0.25, -0.2) is 8.42 Å². The number of hydrogen-bond donors (Lipinski definition) is 1. The normalized spacial score (nSPS) is 19.5. The number of rotatable bonds is 6. The number of nitrogens with zero attached hydrogens (tertiary/aromatic N) is 1. The van der Waals surface area contributed by atoms with E-state index in [1.165, 1.54) is 29.1 Å². The van der Waals surface area contributed by atoms with E-state index in [-0.39, 0.29) is 23.9 Å². The van der Waals surface area contributed by atoms with E-state index in [1.807, 2.05) is 36.4 Å². The molecular formula is C27H30N2O4S. The van der Waals surface area contributed by atoms with Crippen LogP contribution in [-0.4, -0.2) is 24.7 Å². The Morgan fingerprint density at radius 2 is 1.68 bits per heavy atom. The number of nitrogens with one attached hydrogen (secondary N) is 1. The number of amides is 1. The van der Waals surface area contributed by atoms with Gasteiger partial charge in [-0.1, -0.05) is 55.7 Å². The van der Waals surface area contributed by atoms with Gasteiger partial charge in [0.2, 0.25) is 15.9 Å². The van der Waals surface area contributed by atoms with Crippen molar-refractivity contribution in [1.82, 2.24) is 9.62 Å². The summed E-state index contributed by atoms with van der Waals surface area (Å²) < 4.78 is 34.2. The van der Waals surface area contributed by atoms with Gasteiger partial charge in [-0.05, 0) is 66.1 Å².